The molecule has 4 heteroatoms. The van der Waals surface area contributed by atoms with Crippen molar-refractivity contribution in [2.24, 2.45) is 0 Å². The minimum absolute atomic E-state index is 0.0177. The van der Waals surface area contributed by atoms with Crippen LogP contribution in [0.2, 0.25) is 0 Å². The second-order valence-electron chi connectivity index (χ2n) is 4.63. The summed E-state index contributed by atoms with van der Waals surface area (Å²) in [7, 11) is 1.63. The van der Waals surface area contributed by atoms with Crippen molar-refractivity contribution in [1.82, 2.24) is 4.90 Å². The Morgan fingerprint density at radius 3 is 2.44 bits per heavy atom. The van der Waals surface area contributed by atoms with Crippen LogP contribution < -0.4 is 4.74 Å². The molecule has 0 aliphatic carbocycles. The number of benzene rings is 1. The van der Waals surface area contributed by atoms with Gasteiger partial charge in [0, 0.05) is 6.04 Å². The van der Waals surface area contributed by atoms with Gasteiger partial charge in [-0.25, -0.2) is 0 Å². The third kappa shape index (κ3) is 3.01. The number of carboxylic acid groups (broad SMARTS) is 1. The second kappa shape index (κ2) is 5.87. The molecule has 1 aliphatic heterocycles. The molecule has 0 spiro atoms. The van der Waals surface area contributed by atoms with Gasteiger partial charge in [-0.05, 0) is 43.6 Å². The molecule has 0 bridgehead atoms. The van der Waals surface area contributed by atoms with E-state index in [-0.39, 0.29) is 12.5 Å². The van der Waals surface area contributed by atoms with Gasteiger partial charge in [0.15, 0.2) is 0 Å². The molecular formula is C14H19NO3. The first kappa shape index (κ1) is 12.9. The average Bonchev–Trinajstić information content (AvgIpc) is 2.89. The molecule has 1 atom stereocenters. The number of ether oxygens (including phenoxy) is 1. The molecule has 1 N–H and O–H groups in total. The number of rotatable bonds is 5. The third-order valence-corrected chi connectivity index (χ3v) is 3.45. The summed E-state index contributed by atoms with van der Waals surface area (Å²) in [5, 5.41) is 9.05. The van der Waals surface area contributed by atoms with E-state index in [0.717, 1.165) is 37.2 Å². The van der Waals surface area contributed by atoms with Crippen LogP contribution in [0.3, 0.4) is 0 Å². The molecule has 0 aromatic heterocycles. The lowest BCUT2D eigenvalue weighted by Crippen LogP contribution is -2.27. The van der Waals surface area contributed by atoms with Gasteiger partial charge in [0.2, 0.25) is 0 Å². The van der Waals surface area contributed by atoms with E-state index in [1.54, 1.807) is 7.11 Å². The molecule has 2 rings (SSSR count). The van der Waals surface area contributed by atoms with Crippen LogP contribution >= 0.6 is 0 Å². The fraction of sp³-hybridized carbons (Fsp3) is 0.500. The van der Waals surface area contributed by atoms with Crippen molar-refractivity contribution in [2.45, 2.75) is 25.3 Å². The summed E-state index contributed by atoms with van der Waals surface area (Å²) in [5.74, 6) is 0.0527. The average molecular weight is 249 g/mol. The maximum atomic E-state index is 11.0. The highest BCUT2D eigenvalue weighted by Gasteiger charge is 2.25. The highest BCUT2D eigenvalue weighted by Crippen LogP contribution is 2.29. The molecule has 1 heterocycles. The normalized spacial score (nSPS) is 17.6. The van der Waals surface area contributed by atoms with E-state index in [9.17, 15) is 4.79 Å². The topological polar surface area (TPSA) is 49.8 Å². The lowest BCUT2D eigenvalue weighted by atomic mass is 10.0. The van der Waals surface area contributed by atoms with Crippen molar-refractivity contribution in [3.05, 3.63) is 29.8 Å². The van der Waals surface area contributed by atoms with Crippen LogP contribution in [0.1, 0.15) is 30.9 Å². The molecule has 1 unspecified atom stereocenters. The van der Waals surface area contributed by atoms with Crippen LogP contribution in [0.25, 0.3) is 0 Å². The number of carbonyl (C=O) groups is 1. The molecule has 4 nitrogen and oxygen atoms in total. The van der Waals surface area contributed by atoms with Crippen molar-refractivity contribution in [2.75, 3.05) is 20.2 Å². The molecule has 1 aliphatic rings. The first-order valence-electron chi connectivity index (χ1n) is 6.30. The summed E-state index contributed by atoms with van der Waals surface area (Å²) in [6, 6.07) is 7.69. The van der Waals surface area contributed by atoms with Crippen molar-refractivity contribution < 1.29 is 14.6 Å². The standard InChI is InChI=1S/C14H19NO3/c1-18-12-6-4-11(5-7-12)13(10-14(16)17)15-8-2-3-9-15/h4-7,13H,2-3,8-10H2,1H3,(H,16,17). The summed E-state index contributed by atoms with van der Waals surface area (Å²) >= 11 is 0. The van der Waals surface area contributed by atoms with Crippen LogP contribution in [0, 0.1) is 0 Å². The minimum Gasteiger partial charge on any atom is -0.497 e. The Balaban J connectivity index is 2.17. The van der Waals surface area contributed by atoms with E-state index in [0.29, 0.717) is 0 Å². The van der Waals surface area contributed by atoms with E-state index >= 15 is 0 Å². The fourth-order valence-corrected chi connectivity index (χ4v) is 2.50. The molecule has 0 radical (unpaired) electrons. The summed E-state index contributed by atoms with van der Waals surface area (Å²) < 4.78 is 5.13. The molecule has 18 heavy (non-hydrogen) atoms. The number of likely N-dealkylation sites (tertiary alicyclic amines) is 1. The molecular weight excluding hydrogens is 230 g/mol. The van der Waals surface area contributed by atoms with Gasteiger partial charge in [0.1, 0.15) is 5.75 Å². The molecule has 1 aromatic carbocycles. The summed E-state index contributed by atoms with van der Waals surface area (Å²) in [6.45, 7) is 1.98. The fourth-order valence-electron chi connectivity index (χ4n) is 2.50. The zero-order valence-corrected chi connectivity index (χ0v) is 10.6. The Morgan fingerprint density at radius 2 is 1.94 bits per heavy atom. The number of hydrogen-bond acceptors (Lipinski definition) is 3. The van der Waals surface area contributed by atoms with Gasteiger partial charge in [0.25, 0.3) is 0 Å². The Kier molecular flexibility index (Phi) is 4.20. The van der Waals surface area contributed by atoms with E-state index in [1.807, 2.05) is 24.3 Å². The summed E-state index contributed by atoms with van der Waals surface area (Å²) in [6.07, 6.45) is 2.48. The maximum absolute atomic E-state index is 11.0. The predicted octanol–water partition coefficient (Wildman–Crippen LogP) is 2.31. The van der Waals surface area contributed by atoms with Gasteiger partial charge in [-0.2, -0.15) is 0 Å². The molecule has 1 aromatic rings. The van der Waals surface area contributed by atoms with Crippen LogP contribution in [0.5, 0.6) is 5.75 Å². The van der Waals surface area contributed by atoms with Gasteiger partial charge in [0.05, 0.1) is 13.5 Å². The van der Waals surface area contributed by atoms with Crippen molar-refractivity contribution in [3.8, 4) is 5.75 Å². The highest BCUT2D eigenvalue weighted by molar-refractivity contribution is 5.68. The number of aliphatic carboxylic acids is 1. The zero-order chi connectivity index (χ0) is 13.0. The van der Waals surface area contributed by atoms with Gasteiger partial charge in [-0.15, -0.1) is 0 Å². The number of hydrogen-bond donors (Lipinski definition) is 1. The highest BCUT2D eigenvalue weighted by atomic mass is 16.5. The Bertz CT molecular complexity index is 396. The quantitative estimate of drug-likeness (QED) is 0.870. The maximum Gasteiger partial charge on any atom is 0.305 e. The van der Waals surface area contributed by atoms with Crippen molar-refractivity contribution in [1.29, 1.82) is 0 Å². The second-order valence-corrected chi connectivity index (χ2v) is 4.63. The Hall–Kier alpha value is -1.55. The lowest BCUT2D eigenvalue weighted by molar-refractivity contribution is -0.138. The largest absolute Gasteiger partial charge is 0.497 e. The Labute approximate surface area is 107 Å². The number of nitrogens with zero attached hydrogens (tertiary/aromatic N) is 1. The molecule has 1 saturated heterocycles. The van der Waals surface area contributed by atoms with E-state index < -0.39 is 5.97 Å². The smallest absolute Gasteiger partial charge is 0.305 e. The van der Waals surface area contributed by atoms with E-state index in [4.69, 9.17) is 9.84 Å². The first-order valence-corrected chi connectivity index (χ1v) is 6.30. The number of methoxy groups -OCH3 is 1. The van der Waals surface area contributed by atoms with Gasteiger partial charge in [-0.1, -0.05) is 12.1 Å². The lowest BCUT2D eigenvalue weighted by Gasteiger charge is -2.26. The minimum atomic E-state index is -0.747. The van der Waals surface area contributed by atoms with Crippen LogP contribution in [-0.4, -0.2) is 36.2 Å². The van der Waals surface area contributed by atoms with Crippen molar-refractivity contribution in [3.63, 3.8) is 0 Å². The summed E-state index contributed by atoms with van der Waals surface area (Å²) in [4.78, 5) is 13.3. The van der Waals surface area contributed by atoms with Crippen LogP contribution in [0.15, 0.2) is 24.3 Å². The van der Waals surface area contributed by atoms with E-state index in [2.05, 4.69) is 4.90 Å². The molecule has 98 valence electrons. The zero-order valence-electron chi connectivity index (χ0n) is 10.6. The van der Waals surface area contributed by atoms with Gasteiger partial charge < -0.3 is 9.84 Å². The number of carboxylic acids is 1. The third-order valence-electron chi connectivity index (χ3n) is 3.45. The van der Waals surface area contributed by atoms with Crippen molar-refractivity contribution >= 4 is 5.97 Å². The monoisotopic (exact) mass is 249 g/mol. The van der Waals surface area contributed by atoms with Crippen LogP contribution in [0.4, 0.5) is 0 Å². The molecule has 0 saturated carbocycles. The van der Waals surface area contributed by atoms with Crippen LogP contribution in [-0.2, 0) is 4.79 Å². The van der Waals surface area contributed by atoms with Gasteiger partial charge in [-0.3, -0.25) is 9.69 Å². The predicted molar refractivity (Wildman–Crippen MR) is 68.8 cm³/mol. The first-order chi connectivity index (χ1) is 8.70. The van der Waals surface area contributed by atoms with Gasteiger partial charge >= 0.3 is 5.97 Å². The molecule has 1 fully saturated rings. The summed E-state index contributed by atoms with van der Waals surface area (Å²) in [5.41, 5.74) is 1.06. The van der Waals surface area contributed by atoms with E-state index in [1.165, 1.54) is 0 Å². The molecule has 0 amide bonds. The SMILES string of the molecule is COc1ccc(C(CC(=O)O)N2CCCC2)cc1. The Morgan fingerprint density at radius 1 is 1.33 bits per heavy atom.